The Morgan fingerprint density at radius 1 is 0.300 bits per heavy atom. The Labute approximate surface area is 929 Å². The van der Waals surface area contributed by atoms with E-state index >= 15 is 0 Å². The van der Waals surface area contributed by atoms with Crippen molar-refractivity contribution >= 4 is 118 Å². The maximum atomic E-state index is 12.2. The predicted molar refractivity (Wildman–Crippen MR) is 641 cm³/mol. The highest BCUT2D eigenvalue weighted by Gasteiger charge is 2.38. The number of primary amides is 1. The fourth-order valence-corrected chi connectivity index (χ4v) is 24.7. The molecule has 0 fully saturated rings. The van der Waals surface area contributed by atoms with Crippen molar-refractivity contribution < 1.29 is 43.7 Å². The number of nitrogens with two attached hydrogens (primary N) is 1. The van der Waals surface area contributed by atoms with E-state index in [4.69, 9.17) is 23.1 Å². The summed E-state index contributed by atoms with van der Waals surface area (Å²) in [6, 6.07) is 83.0. The molecule has 18 nitrogen and oxygen atoms in total. The van der Waals surface area contributed by atoms with E-state index in [1.807, 2.05) is 332 Å². The fraction of sp³-hybridized carbons (Fsp3) is 0.387. The Balaban J connectivity index is 0.000000261. The summed E-state index contributed by atoms with van der Waals surface area (Å²) in [5, 5.41) is 34.0. The zero-order chi connectivity index (χ0) is 110. The van der Waals surface area contributed by atoms with Crippen molar-refractivity contribution in [2.45, 2.75) is 251 Å². The monoisotopic (exact) mass is 2180 g/mol. The summed E-state index contributed by atoms with van der Waals surface area (Å²) >= 11 is 12.7. The van der Waals surface area contributed by atoms with E-state index in [0.717, 1.165) is 157 Å². The van der Waals surface area contributed by atoms with Gasteiger partial charge in [0.2, 0.25) is 5.91 Å². The predicted octanol–water partition coefficient (Wildman–Crippen LogP) is 30.5. The van der Waals surface area contributed by atoms with Crippen LogP contribution < -0.4 is 5.73 Å². The van der Waals surface area contributed by atoms with Gasteiger partial charge in [0.1, 0.15) is 30.2 Å². The first-order valence-corrected chi connectivity index (χ1v) is 60.4. The van der Waals surface area contributed by atoms with Crippen LogP contribution in [0.3, 0.4) is 0 Å². The minimum atomic E-state index is -0.773. The van der Waals surface area contributed by atoms with E-state index in [9.17, 15) is 34.2 Å². The zero-order valence-electron chi connectivity index (χ0n) is 92.9. The molecule has 150 heavy (non-hydrogen) atoms. The van der Waals surface area contributed by atoms with E-state index in [1.54, 1.807) is 61.6 Å². The minimum Gasteiger partial charge on any atom is -0.480 e. The van der Waals surface area contributed by atoms with E-state index in [0.29, 0.717) is 15.2 Å². The van der Waals surface area contributed by atoms with Crippen molar-refractivity contribution in [1.82, 2.24) is 34.3 Å². The number of thiophene rings is 7. The topological polar surface area (TPSA) is 197 Å². The number of fused-ring (bicyclic) bond motifs is 7. The zero-order valence-corrected chi connectivity index (χ0v) is 98.7. The Morgan fingerprint density at radius 2 is 0.480 bits per heavy atom. The summed E-state index contributed by atoms with van der Waals surface area (Å²) in [7, 11) is 3.25. The SMILES string of the molecule is CC.CC.CC.CC.CC.CC.CC.CC.CC(c1ccccc1)N1CCc2sccc2C1.COC(=O)C(c1ccccc1)N1CCc2sccc2C1.COC(=O)C(c1ccccc1)N1CCc2sccc2C1.NC(=O)C(c1ccccc1)N1CCc2sccc2C1.O=C(O)C(c1ccccc1)N1CCc2sccc2C1.O=C(O)C(c1ccccc1)N1CCc2sccc2C1.[3H]PC.[C-]#[N+]C(c1ccccc1)N1CCc2sccc2C1. The van der Waals surface area contributed by atoms with E-state index < -0.39 is 24.0 Å². The summed E-state index contributed by atoms with van der Waals surface area (Å²) in [5.41, 5.74) is 22.3. The van der Waals surface area contributed by atoms with Gasteiger partial charge in [-0.3, -0.25) is 48.6 Å². The second kappa shape index (κ2) is 72.9. The van der Waals surface area contributed by atoms with Crippen LogP contribution in [0.15, 0.2) is 292 Å². The van der Waals surface area contributed by atoms with Crippen molar-refractivity contribution in [3.8, 4) is 0 Å². The summed E-state index contributed by atoms with van der Waals surface area (Å²) in [6.07, 6.45) is 7.06. The van der Waals surface area contributed by atoms with Crippen LogP contribution in [0.1, 0.15) is 272 Å². The standard InChI is InChI=1S/2C16H17NO2S.C15H16N2OS.C15H14N2S.2C15H15NO2S.C15H17NS.8C2H6.CH5P/c2*1-19-16(18)15(12-5-3-2-4-6-12)17-9-7-14-13(11-17)8-10-20-14;16-15(18)14(11-4-2-1-3-5-11)17-8-6-13-12(10-17)7-9-19-13;1-16-15(12-5-3-2-4-6-12)17-9-7-14-13(11-17)8-10-18-14;2*17-15(18)14(11-4-2-1-3-5-11)16-8-6-13-12(10-16)7-9-19-13;1-12(13-5-3-2-4-6-13)16-9-7-15-14(11-16)8-10-17-15;9*1-2/h2*2-6,8,10,15H,7,9,11H2,1H3;1-5,7,9,14H,6,8,10H2,(H2,16,18);2-6,8,10,15H,7,9,11H2;2*1-5,7,9,14H,6,8,10H2,(H,17,18);2-6,8,10,12H,7,9,11H2,1H3;8*1-2H3;2H2,1H3/i;;;;;;;;;;;;;;;2T. The van der Waals surface area contributed by atoms with Crippen LogP contribution in [-0.4, -0.2) is 142 Å². The third-order valence-electron chi connectivity index (χ3n) is 25.2. The van der Waals surface area contributed by atoms with E-state index in [-0.39, 0.29) is 42.1 Å². The number of esters is 2. The summed E-state index contributed by atoms with van der Waals surface area (Å²) in [5.74, 6) is -2.19. The number of aliphatic carboxylic acids is 2. The largest absolute Gasteiger partial charge is 0.480 e. The van der Waals surface area contributed by atoms with Crippen LogP contribution in [-0.2, 0) is 124 Å². The number of ether oxygens (including phenoxy) is 2. The van der Waals surface area contributed by atoms with Gasteiger partial charge in [-0.05, 0) is 216 Å². The number of hydrogen-bond donors (Lipinski definition) is 3. The molecule has 0 saturated carbocycles. The number of carbonyl (C=O) groups excluding carboxylic acids is 3. The van der Waals surface area contributed by atoms with Crippen molar-refractivity contribution in [3.05, 3.63) is 416 Å². The number of carboxylic acid groups (broad SMARTS) is 2. The van der Waals surface area contributed by atoms with Crippen LogP contribution >= 0.6 is 88.5 Å². The molecule has 7 aromatic carbocycles. The van der Waals surface area contributed by atoms with Crippen molar-refractivity contribution in [2.75, 3.05) is 66.7 Å². The molecule has 8 unspecified atom stereocenters. The molecule has 0 spiro atoms. The molecule has 806 valence electrons. The highest BCUT2D eigenvalue weighted by atomic mass is 32.1. The van der Waals surface area contributed by atoms with Crippen molar-refractivity contribution in [2.24, 2.45) is 5.73 Å². The first-order chi connectivity index (χ1) is 74.0. The lowest BCUT2D eigenvalue weighted by Gasteiger charge is -2.33. The maximum absolute atomic E-state index is 12.2. The molecule has 4 N–H and O–H groups in total. The summed E-state index contributed by atoms with van der Waals surface area (Å²) in [4.78, 5) is 89.0. The van der Waals surface area contributed by atoms with Gasteiger partial charge in [-0.1, -0.05) is 318 Å². The molecule has 0 aliphatic carbocycles. The minimum absolute atomic E-state index is 0.140. The first-order valence-electron chi connectivity index (χ1n) is 53.7. The molecule has 14 heterocycles. The molecule has 21 rings (SSSR count). The lowest BCUT2D eigenvalue weighted by molar-refractivity contribution is -0.148. The molecule has 0 bridgehead atoms. The molecule has 0 saturated heterocycles. The number of methoxy groups -OCH3 is 2. The number of benzene rings is 7. The molecule has 8 atom stereocenters. The highest BCUT2D eigenvalue weighted by molar-refractivity contribution is 7.15. The van der Waals surface area contributed by atoms with Gasteiger partial charge < -0.3 is 25.4 Å². The highest BCUT2D eigenvalue weighted by Crippen LogP contribution is 2.39. The van der Waals surface area contributed by atoms with Gasteiger partial charge in [0.25, 0.3) is 0 Å². The van der Waals surface area contributed by atoms with Gasteiger partial charge in [0.15, 0.2) is 0 Å². The Hall–Kier alpha value is -10.6. The molecule has 14 aromatic rings. The molecular formula is C124H164N9O9PS7. The molecule has 7 aliphatic heterocycles. The molecule has 7 aromatic heterocycles. The third-order valence-corrected chi connectivity index (χ3v) is 32.4. The van der Waals surface area contributed by atoms with Crippen LogP contribution in [0.25, 0.3) is 4.85 Å². The van der Waals surface area contributed by atoms with Gasteiger partial charge in [-0.15, -0.1) is 88.5 Å². The molecular weight excluding hydrogens is 2010 g/mol. The first kappa shape index (κ1) is 126. The quantitative estimate of drug-likeness (QED) is 0.0392. The van der Waals surface area contributed by atoms with Crippen LogP contribution in [0, 0.1) is 6.57 Å². The molecule has 26 heteroatoms. The number of amides is 1. The Bertz CT molecular complexity index is 5720. The van der Waals surface area contributed by atoms with Crippen molar-refractivity contribution in [3.63, 3.8) is 0 Å². The number of rotatable bonds is 19. The molecule has 0 radical (unpaired) electrons. The van der Waals surface area contributed by atoms with Crippen LogP contribution in [0.2, 0.25) is 0 Å². The second-order valence-electron chi connectivity index (χ2n) is 33.3. The van der Waals surface area contributed by atoms with E-state index in [1.165, 1.54) is 101 Å². The Kier molecular flexibility index (Phi) is 61.4. The van der Waals surface area contributed by atoms with Crippen LogP contribution in [0.4, 0.5) is 0 Å². The van der Waals surface area contributed by atoms with Gasteiger partial charge in [0, 0.05) is 132 Å². The number of hydrogen-bond acceptors (Lipinski definition) is 21. The maximum Gasteiger partial charge on any atom is 0.327 e. The lowest BCUT2D eigenvalue weighted by Crippen LogP contribution is -2.40. The van der Waals surface area contributed by atoms with Gasteiger partial charge >= 0.3 is 30.0 Å². The Morgan fingerprint density at radius 3 is 0.700 bits per heavy atom. The normalized spacial score (nSPS) is 15.3. The smallest absolute Gasteiger partial charge is 0.327 e. The fourth-order valence-electron chi connectivity index (χ4n) is 18.4. The number of carbonyl (C=O) groups is 5. The van der Waals surface area contributed by atoms with Crippen molar-refractivity contribution in [1.29, 1.82) is 1.28 Å². The van der Waals surface area contributed by atoms with Crippen LogP contribution in [0.5, 0.6) is 0 Å². The molecule has 7 aliphatic rings. The van der Waals surface area contributed by atoms with Gasteiger partial charge in [0.05, 0.1) is 21.1 Å². The third kappa shape index (κ3) is 37.7. The molecule has 1 amide bonds. The average molecular weight is 2180 g/mol. The van der Waals surface area contributed by atoms with E-state index in [2.05, 4.69) is 147 Å². The van der Waals surface area contributed by atoms with Gasteiger partial charge in [-0.2, -0.15) is 0 Å². The summed E-state index contributed by atoms with van der Waals surface area (Å²) < 4.78 is 16.3. The average Bonchev–Trinajstić information content (AvgIpc) is 1.79. The van der Waals surface area contributed by atoms with Gasteiger partial charge in [-0.25, -0.2) is 21.1 Å². The lowest BCUT2D eigenvalue weighted by atomic mass is 10.0. The second-order valence-corrected chi connectivity index (χ2v) is 40.3. The number of carboxylic acids is 2. The summed E-state index contributed by atoms with van der Waals surface area (Å²) in [6.45, 7) is 55.9. The number of nitrogens with zero attached hydrogens (tertiary/aromatic N) is 8.